The molecule has 0 aliphatic carbocycles. The number of hydrogen-bond donors (Lipinski definition) is 3. The summed E-state index contributed by atoms with van der Waals surface area (Å²) in [4.78, 5) is 25.6. The van der Waals surface area contributed by atoms with Gasteiger partial charge in [0.2, 0.25) is 5.91 Å². The molecule has 0 heterocycles. The number of anilines is 2. The molecular formula is C18H29FN4O2. The minimum Gasteiger partial charge on any atom is -0.374 e. The molecule has 1 aromatic carbocycles. The van der Waals surface area contributed by atoms with Gasteiger partial charge >= 0.3 is 6.03 Å². The maximum Gasteiger partial charge on any atom is 0.321 e. The summed E-state index contributed by atoms with van der Waals surface area (Å²) in [5.74, 6) is -0.871. The summed E-state index contributed by atoms with van der Waals surface area (Å²) in [5, 5.41) is 7.80. The Labute approximate surface area is 149 Å². The van der Waals surface area contributed by atoms with Gasteiger partial charge in [-0.1, -0.05) is 0 Å². The standard InChI is InChI=1S/C18H29FN4O2/c1-11(2)23(7)15-9-8-13(10-14(15)19)20-12(3)16(24)21-17(25)22-18(4,5)6/h8-12,20H,1-7H3,(H2,21,22,24,25)/t12-/m0/s1. The molecule has 25 heavy (non-hydrogen) atoms. The van der Waals surface area contributed by atoms with Gasteiger partial charge in [-0.3, -0.25) is 10.1 Å². The number of urea groups is 1. The summed E-state index contributed by atoms with van der Waals surface area (Å²) in [6.07, 6.45) is 0. The molecule has 1 rings (SSSR count). The van der Waals surface area contributed by atoms with Crippen LogP contribution < -0.4 is 20.9 Å². The number of hydrogen-bond acceptors (Lipinski definition) is 4. The van der Waals surface area contributed by atoms with Crippen molar-refractivity contribution < 1.29 is 14.0 Å². The number of carbonyl (C=O) groups excluding carboxylic acids is 2. The Morgan fingerprint density at radius 1 is 1.16 bits per heavy atom. The van der Waals surface area contributed by atoms with Crippen molar-refractivity contribution >= 4 is 23.3 Å². The zero-order valence-corrected chi connectivity index (χ0v) is 16.0. The van der Waals surface area contributed by atoms with Crippen molar-refractivity contribution in [3.8, 4) is 0 Å². The van der Waals surface area contributed by atoms with Gasteiger partial charge in [0.1, 0.15) is 11.9 Å². The molecule has 0 aromatic heterocycles. The molecule has 1 aromatic rings. The first-order chi connectivity index (χ1) is 11.4. The average molecular weight is 352 g/mol. The number of imide groups is 1. The lowest BCUT2D eigenvalue weighted by Gasteiger charge is -2.25. The quantitative estimate of drug-likeness (QED) is 0.761. The van der Waals surface area contributed by atoms with Crippen molar-refractivity contribution in [3.05, 3.63) is 24.0 Å². The van der Waals surface area contributed by atoms with Crippen LogP contribution in [0.3, 0.4) is 0 Å². The summed E-state index contributed by atoms with van der Waals surface area (Å²) >= 11 is 0. The predicted octanol–water partition coefficient (Wildman–Crippen LogP) is 3.10. The highest BCUT2D eigenvalue weighted by Gasteiger charge is 2.20. The third-order valence-electron chi connectivity index (χ3n) is 3.60. The van der Waals surface area contributed by atoms with Crippen molar-refractivity contribution in [1.29, 1.82) is 0 Å². The Morgan fingerprint density at radius 2 is 1.76 bits per heavy atom. The maximum atomic E-state index is 14.3. The highest BCUT2D eigenvalue weighted by Crippen LogP contribution is 2.23. The van der Waals surface area contributed by atoms with E-state index in [0.717, 1.165) is 0 Å². The van der Waals surface area contributed by atoms with E-state index < -0.39 is 23.5 Å². The number of carbonyl (C=O) groups is 2. The van der Waals surface area contributed by atoms with Crippen LogP contribution in [0.2, 0.25) is 0 Å². The van der Waals surface area contributed by atoms with Gasteiger partial charge in [0, 0.05) is 24.3 Å². The maximum absolute atomic E-state index is 14.3. The monoisotopic (exact) mass is 352 g/mol. The number of nitrogens with zero attached hydrogens (tertiary/aromatic N) is 1. The normalized spacial score (nSPS) is 12.5. The van der Waals surface area contributed by atoms with E-state index >= 15 is 0 Å². The number of rotatable bonds is 5. The molecule has 0 aliphatic heterocycles. The second-order valence-electron chi connectivity index (χ2n) is 7.43. The second kappa shape index (κ2) is 8.18. The fourth-order valence-electron chi connectivity index (χ4n) is 2.07. The number of halogens is 1. The molecule has 3 amide bonds. The highest BCUT2D eigenvalue weighted by molar-refractivity contribution is 5.98. The van der Waals surface area contributed by atoms with E-state index in [1.54, 1.807) is 19.1 Å². The van der Waals surface area contributed by atoms with E-state index in [-0.39, 0.29) is 11.9 Å². The van der Waals surface area contributed by atoms with Gasteiger partial charge in [0.05, 0.1) is 5.69 Å². The van der Waals surface area contributed by atoms with Gasteiger partial charge in [-0.25, -0.2) is 9.18 Å². The SMILES string of the molecule is CC(C)N(C)c1ccc(N[C@@H](C)C(=O)NC(=O)NC(C)(C)C)cc1F. The minimum atomic E-state index is -0.696. The molecule has 3 N–H and O–H groups in total. The molecule has 0 spiro atoms. The van der Waals surface area contributed by atoms with Crippen molar-refractivity contribution in [3.63, 3.8) is 0 Å². The summed E-state index contributed by atoms with van der Waals surface area (Å²) in [7, 11) is 1.82. The lowest BCUT2D eigenvalue weighted by atomic mass is 10.1. The molecule has 7 heteroatoms. The molecule has 140 valence electrons. The summed E-state index contributed by atoms with van der Waals surface area (Å²) in [6.45, 7) is 11.0. The fraction of sp³-hybridized carbons (Fsp3) is 0.556. The van der Waals surface area contributed by atoms with Gasteiger partial charge in [-0.2, -0.15) is 0 Å². The van der Waals surface area contributed by atoms with Gasteiger partial charge in [-0.15, -0.1) is 0 Å². The van der Waals surface area contributed by atoms with Crippen LogP contribution in [0.5, 0.6) is 0 Å². The highest BCUT2D eigenvalue weighted by atomic mass is 19.1. The van der Waals surface area contributed by atoms with Gasteiger partial charge < -0.3 is 15.5 Å². The lowest BCUT2D eigenvalue weighted by molar-refractivity contribution is -0.120. The molecule has 0 bridgehead atoms. The molecule has 6 nitrogen and oxygen atoms in total. The number of nitrogens with one attached hydrogen (secondary N) is 3. The molecule has 0 radical (unpaired) electrons. The van der Waals surface area contributed by atoms with Crippen molar-refractivity contribution in [2.75, 3.05) is 17.3 Å². The average Bonchev–Trinajstić information content (AvgIpc) is 2.44. The zero-order chi connectivity index (χ0) is 19.4. The first-order valence-corrected chi connectivity index (χ1v) is 8.32. The Balaban J connectivity index is 2.71. The zero-order valence-electron chi connectivity index (χ0n) is 16.0. The molecule has 0 saturated heterocycles. The van der Waals surface area contributed by atoms with E-state index in [0.29, 0.717) is 11.4 Å². The van der Waals surface area contributed by atoms with Crippen molar-refractivity contribution in [1.82, 2.24) is 10.6 Å². The van der Waals surface area contributed by atoms with E-state index in [1.807, 2.05) is 46.6 Å². The first-order valence-electron chi connectivity index (χ1n) is 8.32. The fourth-order valence-corrected chi connectivity index (χ4v) is 2.07. The largest absolute Gasteiger partial charge is 0.374 e. The van der Waals surface area contributed by atoms with Gasteiger partial charge in [0.15, 0.2) is 0 Å². The van der Waals surface area contributed by atoms with Crippen LogP contribution in [-0.2, 0) is 4.79 Å². The van der Waals surface area contributed by atoms with Gasteiger partial charge in [-0.05, 0) is 59.7 Å². The molecule has 0 fully saturated rings. The third-order valence-corrected chi connectivity index (χ3v) is 3.60. The Bertz CT molecular complexity index is 626. The molecule has 0 aliphatic rings. The Morgan fingerprint density at radius 3 is 2.24 bits per heavy atom. The molecule has 1 atom stereocenters. The van der Waals surface area contributed by atoms with E-state index in [4.69, 9.17) is 0 Å². The lowest BCUT2D eigenvalue weighted by Crippen LogP contribution is -2.51. The topological polar surface area (TPSA) is 73.5 Å². The first kappa shape index (κ1) is 20.7. The third kappa shape index (κ3) is 6.60. The van der Waals surface area contributed by atoms with Crippen LogP contribution in [0.4, 0.5) is 20.6 Å². The number of amides is 3. The number of benzene rings is 1. The summed E-state index contributed by atoms with van der Waals surface area (Å²) < 4.78 is 14.3. The van der Waals surface area contributed by atoms with Crippen LogP contribution in [0.15, 0.2) is 18.2 Å². The van der Waals surface area contributed by atoms with Gasteiger partial charge in [0.25, 0.3) is 0 Å². The van der Waals surface area contributed by atoms with Crippen LogP contribution in [-0.4, -0.2) is 36.6 Å². The molecule has 0 unspecified atom stereocenters. The van der Waals surface area contributed by atoms with Crippen LogP contribution in [0.25, 0.3) is 0 Å². The summed E-state index contributed by atoms with van der Waals surface area (Å²) in [6, 6.07) is 3.61. The Kier molecular flexibility index (Phi) is 6.78. The summed E-state index contributed by atoms with van der Waals surface area (Å²) in [5.41, 5.74) is 0.516. The van der Waals surface area contributed by atoms with E-state index in [1.165, 1.54) is 6.07 Å². The smallest absolute Gasteiger partial charge is 0.321 e. The van der Waals surface area contributed by atoms with E-state index in [9.17, 15) is 14.0 Å². The molecule has 0 saturated carbocycles. The Hall–Kier alpha value is -2.31. The van der Waals surface area contributed by atoms with E-state index in [2.05, 4.69) is 16.0 Å². The van der Waals surface area contributed by atoms with Crippen LogP contribution in [0, 0.1) is 5.82 Å². The predicted molar refractivity (Wildman–Crippen MR) is 99.5 cm³/mol. The molecular weight excluding hydrogens is 323 g/mol. The van der Waals surface area contributed by atoms with Crippen molar-refractivity contribution in [2.24, 2.45) is 0 Å². The second-order valence-corrected chi connectivity index (χ2v) is 7.43. The van der Waals surface area contributed by atoms with Crippen LogP contribution in [0.1, 0.15) is 41.5 Å². The van der Waals surface area contributed by atoms with Crippen molar-refractivity contribution in [2.45, 2.75) is 59.2 Å². The minimum absolute atomic E-state index is 0.166. The van der Waals surface area contributed by atoms with Crippen LogP contribution >= 0.6 is 0 Å².